The third-order valence-corrected chi connectivity index (χ3v) is 5.97. The first-order valence-corrected chi connectivity index (χ1v) is 12.3. The van der Waals surface area contributed by atoms with Crippen LogP contribution in [0.3, 0.4) is 0 Å². The first-order valence-electron chi connectivity index (χ1n) is 12.3. The van der Waals surface area contributed by atoms with Crippen LogP contribution in [-0.2, 0) is 17.9 Å². The highest BCUT2D eigenvalue weighted by Gasteiger charge is 2.13. The summed E-state index contributed by atoms with van der Waals surface area (Å²) in [5.74, 6) is 2.04. The van der Waals surface area contributed by atoms with E-state index < -0.39 is 0 Å². The summed E-state index contributed by atoms with van der Waals surface area (Å²) in [5.41, 5.74) is 9.34. The van der Waals surface area contributed by atoms with Gasteiger partial charge in [-0.25, -0.2) is 4.39 Å². The molecule has 5 rings (SSSR count). The van der Waals surface area contributed by atoms with Gasteiger partial charge >= 0.3 is 6.01 Å². The molecule has 2 aromatic heterocycles. The van der Waals surface area contributed by atoms with Crippen molar-refractivity contribution in [2.75, 3.05) is 31.3 Å². The van der Waals surface area contributed by atoms with Crippen LogP contribution in [0.4, 0.5) is 21.6 Å². The third-order valence-electron chi connectivity index (χ3n) is 5.97. The number of nitrogens with two attached hydrogens (primary N) is 1. The second-order valence-electron chi connectivity index (χ2n) is 8.84. The molecule has 0 fully saturated rings. The number of aromatic nitrogens is 2. The molecule has 0 spiro atoms. The Labute approximate surface area is 224 Å². The van der Waals surface area contributed by atoms with Crippen LogP contribution < -0.4 is 21.1 Å². The number of benzene rings is 3. The number of methoxy groups -OCH3 is 1. The standard InChI is InChI=1S/C29H28FN5O4/c1-37-12-11-32-16-22-7-10-26(39-22)19-5-8-25-23(14-19)28(35-29(36)34-25)33-21-6-9-27(24(31)15-21)38-17-18-3-2-4-20(30)13-18/h2-10,13-15,32H,11-12,16-17,31H2,1H3,(H2,33,34,35,36). The van der Waals surface area contributed by atoms with Gasteiger partial charge < -0.3 is 35.4 Å². The van der Waals surface area contributed by atoms with Crippen molar-refractivity contribution >= 4 is 28.1 Å². The minimum Gasteiger partial charge on any atom is -0.487 e. The van der Waals surface area contributed by atoms with E-state index in [1.165, 1.54) is 12.1 Å². The van der Waals surface area contributed by atoms with Crippen LogP contribution >= 0.6 is 0 Å². The van der Waals surface area contributed by atoms with Gasteiger partial charge in [-0.2, -0.15) is 9.97 Å². The summed E-state index contributed by atoms with van der Waals surface area (Å²) in [7, 11) is 1.66. The van der Waals surface area contributed by atoms with Crippen molar-refractivity contribution in [2.24, 2.45) is 0 Å². The molecule has 0 aliphatic rings. The molecule has 9 nitrogen and oxygen atoms in total. The smallest absolute Gasteiger partial charge is 0.316 e. The van der Waals surface area contributed by atoms with Crippen LogP contribution in [0.25, 0.3) is 22.2 Å². The Balaban J connectivity index is 1.34. The van der Waals surface area contributed by atoms with Crippen LogP contribution in [0, 0.1) is 5.82 Å². The lowest BCUT2D eigenvalue weighted by atomic mass is 10.1. The Hall–Kier alpha value is -4.67. The van der Waals surface area contributed by atoms with E-state index >= 15 is 0 Å². The molecule has 39 heavy (non-hydrogen) atoms. The first kappa shape index (κ1) is 26.0. The zero-order valence-electron chi connectivity index (χ0n) is 21.3. The van der Waals surface area contributed by atoms with Crippen molar-refractivity contribution < 1.29 is 23.4 Å². The van der Waals surface area contributed by atoms with E-state index in [9.17, 15) is 9.50 Å². The molecule has 0 bridgehead atoms. The zero-order valence-corrected chi connectivity index (χ0v) is 21.3. The van der Waals surface area contributed by atoms with E-state index in [1.54, 1.807) is 43.5 Å². The van der Waals surface area contributed by atoms with Gasteiger partial charge in [0.25, 0.3) is 0 Å². The number of ether oxygens (including phenoxy) is 2. The first-order chi connectivity index (χ1) is 19.0. The SMILES string of the molecule is COCCNCc1ccc(-c2ccc3nc(O)nc(Nc4ccc(OCc5cccc(F)c5)c(N)c4)c3c2)o1. The molecular formula is C29H28FN5O4. The predicted molar refractivity (Wildman–Crippen MR) is 147 cm³/mol. The van der Waals surface area contributed by atoms with E-state index in [4.69, 9.17) is 19.6 Å². The van der Waals surface area contributed by atoms with Crippen molar-refractivity contribution in [3.8, 4) is 23.1 Å². The van der Waals surface area contributed by atoms with Gasteiger partial charge in [-0.15, -0.1) is 0 Å². The van der Waals surface area contributed by atoms with Gasteiger partial charge in [0.05, 0.1) is 24.4 Å². The third kappa shape index (κ3) is 6.43. The van der Waals surface area contributed by atoms with Gasteiger partial charge in [-0.1, -0.05) is 12.1 Å². The molecule has 10 heteroatoms. The molecule has 0 saturated carbocycles. The summed E-state index contributed by atoms with van der Waals surface area (Å²) in [6.45, 7) is 2.11. The largest absolute Gasteiger partial charge is 0.487 e. The minimum atomic E-state index is -0.358. The summed E-state index contributed by atoms with van der Waals surface area (Å²) in [5, 5.41) is 17.3. The molecule has 0 unspecified atom stereocenters. The number of fused-ring (bicyclic) bond motifs is 1. The number of hydrogen-bond acceptors (Lipinski definition) is 9. The lowest BCUT2D eigenvalue weighted by Gasteiger charge is -2.13. The van der Waals surface area contributed by atoms with E-state index in [-0.39, 0.29) is 18.4 Å². The van der Waals surface area contributed by atoms with Gasteiger partial charge in [0.2, 0.25) is 0 Å². The van der Waals surface area contributed by atoms with Gasteiger partial charge in [-0.05, 0) is 66.2 Å². The molecular weight excluding hydrogens is 501 g/mol. The number of aromatic hydroxyl groups is 1. The van der Waals surface area contributed by atoms with Crippen molar-refractivity contribution in [2.45, 2.75) is 13.2 Å². The second kappa shape index (κ2) is 11.8. The summed E-state index contributed by atoms with van der Waals surface area (Å²) in [6.07, 6.45) is 0. The van der Waals surface area contributed by atoms with Gasteiger partial charge in [0.1, 0.15) is 35.5 Å². The Morgan fingerprint density at radius 3 is 2.74 bits per heavy atom. The fraction of sp³-hybridized carbons (Fsp3) is 0.172. The summed E-state index contributed by atoms with van der Waals surface area (Å²) >= 11 is 0. The van der Waals surface area contributed by atoms with Crippen LogP contribution in [0.15, 0.2) is 77.2 Å². The number of nitrogen functional groups attached to an aromatic ring is 1. The summed E-state index contributed by atoms with van der Waals surface area (Å²) in [6, 6.07) is 20.4. The lowest BCUT2D eigenvalue weighted by molar-refractivity contribution is 0.198. The molecule has 0 saturated heterocycles. The van der Waals surface area contributed by atoms with Crippen molar-refractivity contribution in [3.63, 3.8) is 0 Å². The maximum Gasteiger partial charge on any atom is 0.316 e. The highest BCUT2D eigenvalue weighted by atomic mass is 19.1. The molecule has 0 radical (unpaired) electrons. The molecule has 5 N–H and O–H groups in total. The molecule has 0 atom stereocenters. The fourth-order valence-electron chi connectivity index (χ4n) is 4.06. The maximum absolute atomic E-state index is 13.4. The van der Waals surface area contributed by atoms with Crippen molar-refractivity contribution in [1.29, 1.82) is 0 Å². The minimum absolute atomic E-state index is 0.180. The van der Waals surface area contributed by atoms with Gasteiger partial charge in [-0.3, -0.25) is 0 Å². The molecule has 0 aliphatic heterocycles. The number of anilines is 3. The number of rotatable bonds is 11. The van der Waals surface area contributed by atoms with E-state index in [2.05, 4.69) is 20.6 Å². The van der Waals surface area contributed by atoms with Crippen LogP contribution in [0.1, 0.15) is 11.3 Å². The van der Waals surface area contributed by atoms with Crippen LogP contribution in [0.5, 0.6) is 11.8 Å². The van der Waals surface area contributed by atoms with Crippen molar-refractivity contribution in [1.82, 2.24) is 15.3 Å². The topological polar surface area (TPSA) is 128 Å². The molecule has 200 valence electrons. The zero-order chi connectivity index (χ0) is 27.2. The van der Waals surface area contributed by atoms with Gasteiger partial charge in [0.15, 0.2) is 0 Å². The lowest BCUT2D eigenvalue weighted by Crippen LogP contribution is -2.18. The van der Waals surface area contributed by atoms with Crippen LogP contribution in [-0.4, -0.2) is 35.3 Å². The number of nitrogens with one attached hydrogen (secondary N) is 2. The Morgan fingerprint density at radius 1 is 1.03 bits per heavy atom. The Bertz CT molecular complexity index is 1590. The average molecular weight is 530 g/mol. The molecule has 0 aliphatic carbocycles. The Kier molecular flexibility index (Phi) is 7.86. The number of hydrogen-bond donors (Lipinski definition) is 4. The number of nitrogens with zero attached hydrogens (tertiary/aromatic N) is 2. The Morgan fingerprint density at radius 2 is 1.92 bits per heavy atom. The highest BCUT2D eigenvalue weighted by Crippen LogP contribution is 2.33. The predicted octanol–water partition coefficient (Wildman–Crippen LogP) is 5.38. The highest BCUT2D eigenvalue weighted by molar-refractivity contribution is 5.94. The second-order valence-corrected chi connectivity index (χ2v) is 8.84. The van der Waals surface area contributed by atoms with E-state index in [0.717, 1.165) is 17.9 Å². The molecule has 5 aromatic rings. The monoisotopic (exact) mass is 529 g/mol. The number of furan rings is 1. The number of halogens is 1. The normalized spacial score (nSPS) is 11.1. The average Bonchev–Trinajstić information content (AvgIpc) is 3.39. The fourth-order valence-corrected chi connectivity index (χ4v) is 4.06. The molecule has 0 amide bonds. The van der Waals surface area contributed by atoms with E-state index in [0.29, 0.717) is 58.3 Å². The molecule has 2 heterocycles. The van der Waals surface area contributed by atoms with Gasteiger partial charge in [0, 0.05) is 30.3 Å². The summed E-state index contributed by atoms with van der Waals surface area (Å²) in [4.78, 5) is 8.35. The van der Waals surface area contributed by atoms with E-state index in [1.807, 2.05) is 24.3 Å². The maximum atomic E-state index is 13.4. The van der Waals surface area contributed by atoms with Crippen LogP contribution in [0.2, 0.25) is 0 Å². The quantitative estimate of drug-likeness (QED) is 0.132. The van der Waals surface area contributed by atoms with Crippen molar-refractivity contribution in [3.05, 3.63) is 89.9 Å². The summed E-state index contributed by atoms with van der Waals surface area (Å²) < 4.78 is 30.3. The molecule has 3 aromatic carbocycles.